The van der Waals surface area contributed by atoms with Crippen LogP contribution >= 0.6 is 0 Å². The Morgan fingerprint density at radius 1 is 0.591 bits per heavy atom. The van der Waals surface area contributed by atoms with E-state index in [1.54, 1.807) is 40.0 Å². The minimum atomic E-state index is -0.961. The molecule has 2 amide bonds. The van der Waals surface area contributed by atoms with Gasteiger partial charge in [0.05, 0.1) is 12.2 Å². The second-order valence-electron chi connectivity index (χ2n) is 10.6. The number of hydrogen-bond acceptors (Lipinski definition) is 3. The van der Waals surface area contributed by atoms with Gasteiger partial charge in [0.2, 0.25) is 0 Å². The molecule has 2 N–H and O–H groups in total. The highest BCUT2D eigenvalue weighted by Gasteiger charge is 2.25. The minimum absolute atomic E-state index is 0.415. The predicted octanol–water partition coefficient (Wildman–Crippen LogP) is 8.75. The molecule has 0 aliphatic heterocycles. The molecular weight excluding hydrogens is 572 g/mol. The van der Waals surface area contributed by atoms with Gasteiger partial charge in [-0.25, -0.2) is 17.6 Å². The Morgan fingerprint density at radius 2 is 0.955 bits per heavy atom. The van der Waals surface area contributed by atoms with Crippen LogP contribution in [0.3, 0.4) is 0 Å². The standard InChI is InChI=1S/C35H28F4N2O3/c1-18-14-22(15-19(2)32(18)40-34(42)30-24(36)8-5-9-25(30)37)29(28-12-7-13-44-28)23-16-20(3)33(21(4)17-23)41-35(43)31-26(38)10-6-11-27(31)39/h5-17,29H,1-4H3,(H,40,42)(H,41,43). The molecule has 0 atom stereocenters. The summed E-state index contributed by atoms with van der Waals surface area (Å²) in [6, 6.07) is 17.5. The van der Waals surface area contributed by atoms with Crippen molar-refractivity contribution < 1.29 is 31.6 Å². The lowest BCUT2D eigenvalue weighted by Crippen LogP contribution is -2.18. The summed E-state index contributed by atoms with van der Waals surface area (Å²) < 4.78 is 62.8. The molecule has 0 bridgehead atoms. The van der Waals surface area contributed by atoms with Crippen LogP contribution in [0.4, 0.5) is 28.9 Å². The molecule has 0 spiro atoms. The van der Waals surface area contributed by atoms with E-state index in [4.69, 9.17) is 4.42 Å². The number of carbonyl (C=O) groups excluding carboxylic acids is 2. The molecule has 0 saturated heterocycles. The maximum Gasteiger partial charge on any atom is 0.261 e. The number of nitrogens with one attached hydrogen (secondary N) is 2. The summed E-state index contributed by atoms with van der Waals surface area (Å²) in [4.78, 5) is 25.6. The molecule has 1 heterocycles. The molecule has 5 nitrogen and oxygen atoms in total. The van der Waals surface area contributed by atoms with Gasteiger partial charge in [-0.05, 0) is 97.5 Å². The first-order chi connectivity index (χ1) is 21.0. The molecule has 224 valence electrons. The molecule has 0 saturated carbocycles. The summed E-state index contributed by atoms with van der Waals surface area (Å²) in [5, 5.41) is 5.29. The lowest BCUT2D eigenvalue weighted by molar-refractivity contribution is 0.101. The summed E-state index contributed by atoms with van der Waals surface area (Å²) in [6.07, 6.45) is 1.55. The van der Waals surface area contributed by atoms with Crippen LogP contribution in [0, 0.1) is 51.0 Å². The summed E-state index contributed by atoms with van der Waals surface area (Å²) >= 11 is 0. The molecule has 0 unspecified atom stereocenters. The fraction of sp³-hybridized carbons (Fsp3) is 0.143. The van der Waals surface area contributed by atoms with Crippen molar-refractivity contribution in [2.24, 2.45) is 0 Å². The van der Waals surface area contributed by atoms with Crippen molar-refractivity contribution in [1.82, 2.24) is 0 Å². The van der Waals surface area contributed by atoms with Crippen LogP contribution < -0.4 is 10.6 Å². The Morgan fingerprint density at radius 3 is 1.27 bits per heavy atom. The quantitative estimate of drug-likeness (QED) is 0.184. The number of rotatable bonds is 7. The van der Waals surface area contributed by atoms with Crippen LogP contribution in [0.25, 0.3) is 0 Å². The summed E-state index contributed by atoms with van der Waals surface area (Å²) in [6.45, 7) is 7.11. The van der Waals surface area contributed by atoms with Crippen molar-refractivity contribution in [3.63, 3.8) is 0 Å². The van der Waals surface area contributed by atoms with Gasteiger partial charge in [-0.2, -0.15) is 0 Å². The third-order valence-corrected chi connectivity index (χ3v) is 7.46. The zero-order valence-electron chi connectivity index (χ0n) is 24.3. The van der Waals surface area contributed by atoms with Gasteiger partial charge in [0, 0.05) is 11.4 Å². The number of hydrogen-bond donors (Lipinski definition) is 2. The zero-order chi connectivity index (χ0) is 31.7. The molecule has 0 aliphatic carbocycles. The highest BCUT2D eigenvalue weighted by Crippen LogP contribution is 2.38. The van der Waals surface area contributed by atoms with Crippen molar-refractivity contribution in [1.29, 1.82) is 0 Å². The highest BCUT2D eigenvalue weighted by atomic mass is 19.1. The van der Waals surface area contributed by atoms with Crippen LogP contribution in [0.5, 0.6) is 0 Å². The second kappa shape index (κ2) is 12.2. The normalized spacial score (nSPS) is 11.1. The monoisotopic (exact) mass is 600 g/mol. The third-order valence-electron chi connectivity index (χ3n) is 7.46. The number of furan rings is 1. The number of benzene rings is 4. The van der Waals surface area contributed by atoms with Crippen LogP contribution in [0.15, 0.2) is 83.5 Å². The predicted molar refractivity (Wildman–Crippen MR) is 160 cm³/mol. The van der Waals surface area contributed by atoms with Crippen molar-refractivity contribution in [3.05, 3.63) is 153 Å². The zero-order valence-corrected chi connectivity index (χ0v) is 24.3. The van der Waals surface area contributed by atoms with Gasteiger partial charge in [0.1, 0.15) is 40.2 Å². The molecule has 0 aliphatic rings. The molecule has 5 aromatic rings. The second-order valence-corrected chi connectivity index (χ2v) is 10.6. The molecule has 44 heavy (non-hydrogen) atoms. The van der Waals surface area contributed by atoms with Gasteiger partial charge < -0.3 is 15.1 Å². The molecule has 5 rings (SSSR count). The van der Waals surface area contributed by atoms with Crippen LogP contribution in [-0.4, -0.2) is 11.8 Å². The Balaban J connectivity index is 1.50. The van der Waals surface area contributed by atoms with E-state index in [-0.39, 0.29) is 0 Å². The number of carbonyl (C=O) groups is 2. The largest absolute Gasteiger partial charge is 0.468 e. The molecular formula is C35H28F4N2O3. The summed E-state index contributed by atoms with van der Waals surface area (Å²) in [7, 11) is 0. The van der Waals surface area contributed by atoms with E-state index in [1.807, 2.05) is 30.3 Å². The fourth-order valence-corrected chi connectivity index (χ4v) is 5.48. The first kappa shape index (κ1) is 30.3. The number of halogens is 4. The fourth-order valence-electron chi connectivity index (χ4n) is 5.48. The van der Waals surface area contributed by atoms with E-state index < -0.39 is 52.1 Å². The third kappa shape index (κ3) is 5.86. The molecule has 9 heteroatoms. The molecule has 0 fully saturated rings. The van der Waals surface area contributed by atoms with Gasteiger partial charge in [-0.15, -0.1) is 0 Å². The van der Waals surface area contributed by atoms with E-state index in [1.165, 1.54) is 12.1 Å². The Hall–Kier alpha value is -5.18. The van der Waals surface area contributed by atoms with Crippen LogP contribution in [-0.2, 0) is 0 Å². The maximum absolute atomic E-state index is 14.2. The lowest BCUT2D eigenvalue weighted by Gasteiger charge is -2.22. The van der Waals surface area contributed by atoms with Crippen molar-refractivity contribution >= 4 is 23.2 Å². The lowest BCUT2D eigenvalue weighted by atomic mass is 9.85. The van der Waals surface area contributed by atoms with Gasteiger partial charge in [-0.1, -0.05) is 36.4 Å². The summed E-state index contributed by atoms with van der Waals surface area (Å²) in [5.41, 5.74) is 3.77. The van der Waals surface area contributed by atoms with Crippen molar-refractivity contribution in [2.75, 3.05) is 10.6 Å². The first-order valence-electron chi connectivity index (χ1n) is 13.7. The van der Waals surface area contributed by atoms with E-state index >= 15 is 0 Å². The average molecular weight is 601 g/mol. The topological polar surface area (TPSA) is 71.3 Å². The van der Waals surface area contributed by atoms with Crippen LogP contribution in [0.2, 0.25) is 0 Å². The van der Waals surface area contributed by atoms with E-state index in [0.717, 1.165) is 35.4 Å². The molecule has 4 aromatic carbocycles. The van der Waals surface area contributed by atoms with Gasteiger partial charge in [0.15, 0.2) is 0 Å². The number of amides is 2. The average Bonchev–Trinajstić information content (AvgIpc) is 3.47. The maximum atomic E-state index is 14.2. The van der Waals surface area contributed by atoms with E-state index in [2.05, 4.69) is 10.6 Å². The number of aryl methyl sites for hydroxylation is 4. The minimum Gasteiger partial charge on any atom is -0.468 e. The number of anilines is 2. The molecule has 0 radical (unpaired) electrons. The summed E-state index contributed by atoms with van der Waals surface area (Å²) in [5.74, 6) is -5.44. The van der Waals surface area contributed by atoms with Crippen LogP contribution in [0.1, 0.15) is 65.8 Å². The van der Waals surface area contributed by atoms with Gasteiger partial charge in [0.25, 0.3) is 11.8 Å². The Labute approximate surface area is 251 Å². The smallest absolute Gasteiger partial charge is 0.261 e. The van der Waals surface area contributed by atoms with Gasteiger partial charge >= 0.3 is 0 Å². The van der Waals surface area contributed by atoms with Crippen molar-refractivity contribution in [3.8, 4) is 0 Å². The van der Waals surface area contributed by atoms with Crippen molar-refractivity contribution in [2.45, 2.75) is 33.6 Å². The Kier molecular flexibility index (Phi) is 8.40. The van der Waals surface area contributed by atoms with E-state index in [0.29, 0.717) is 39.4 Å². The van der Waals surface area contributed by atoms with Gasteiger partial charge in [-0.3, -0.25) is 9.59 Å². The Bertz CT molecular complexity index is 1690. The SMILES string of the molecule is Cc1cc(C(c2cc(C)c(NC(=O)c3c(F)cccc3F)c(C)c2)c2ccco2)cc(C)c1NC(=O)c1c(F)cccc1F. The molecule has 1 aromatic heterocycles. The highest BCUT2D eigenvalue weighted by molar-refractivity contribution is 6.06. The van der Waals surface area contributed by atoms with E-state index in [9.17, 15) is 27.2 Å². The first-order valence-corrected chi connectivity index (χ1v) is 13.7.